The zero-order chi connectivity index (χ0) is 13.7. The van der Waals surface area contributed by atoms with Crippen LogP contribution >= 0.6 is 15.9 Å². The first-order valence-electron chi connectivity index (χ1n) is 7.61. The van der Waals surface area contributed by atoms with E-state index in [2.05, 4.69) is 26.2 Å². The molecular formula is C16H19BrN2O. The van der Waals surface area contributed by atoms with Gasteiger partial charge in [0.1, 0.15) is 4.60 Å². The van der Waals surface area contributed by atoms with Crippen LogP contribution in [-0.2, 0) is 0 Å². The molecule has 4 bridgehead atoms. The molecule has 0 spiro atoms. The lowest BCUT2D eigenvalue weighted by atomic mass is 9.54. The summed E-state index contributed by atoms with van der Waals surface area (Å²) < 4.78 is 0.718. The fourth-order valence-electron chi connectivity index (χ4n) is 4.94. The quantitative estimate of drug-likeness (QED) is 0.842. The van der Waals surface area contributed by atoms with Gasteiger partial charge in [-0.3, -0.25) is 4.79 Å². The molecule has 0 aromatic carbocycles. The maximum Gasteiger partial charge on any atom is 0.251 e. The summed E-state index contributed by atoms with van der Waals surface area (Å²) in [6, 6.07) is 3.99. The number of hydrogen-bond donors (Lipinski definition) is 1. The van der Waals surface area contributed by atoms with Crippen molar-refractivity contribution >= 4 is 21.8 Å². The van der Waals surface area contributed by atoms with Gasteiger partial charge in [0.25, 0.3) is 5.91 Å². The summed E-state index contributed by atoms with van der Waals surface area (Å²) in [5.41, 5.74) is 0.709. The summed E-state index contributed by atoms with van der Waals surface area (Å²) in [4.78, 5) is 16.5. The van der Waals surface area contributed by atoms with Crippen molar-refractivity contribution in [2.75, 3.05) is 0 Å². The lowest BCUT2D eigenvalue weighted by molar-refractivity contribution is -0.0119. The molecule has 4 heteroatoms. The highest BCUT2D eigenvalue weighted by molar-refractivity contribution is 9.10. The molecule has 4 aliphatic rings. The second-order valence-corrected chi connectivity index (χ2v) is 7.61. The van der Waals surface area contributed by atoms with E-state index in [9.17, 15) is 4.79 Å². The van der Waals surface area contributed by atoms with E-state index >= 15 is 0 Å². The van der Waals surface area contributed by atoms with Crippen LogP contribution in [0, 0.1) is 23.7 Å². The number of hydrogen-bond acceptors (Lipinski definition) is 2. The molecule has 1 N–H and O–H groups in total. The number of halogens is 1. The van der Waals surface area contributed by atoms with Crippen LogP contribution in [0.2, 0.25) is 0 Å². The molecule has 5 rings (SSSR count). The number of carbonyl (C=O) groups is 1. The Balaban J connectivity index is 1.50. The lowest BCUT2D eigenvalue weighted by Crippen LogP contribution is -2.55. The Kier molecular flexibility index (Phi) is 3.09. The van der Waals surface area contributed by atoms with Gasteiger partial charge in [0.15, 0.2) is 0 Å². The van der Waals surface area contributed by atoms with Crippen molar-refractivity contribution in [2.24, 2.45) is 23.7 Å². The van der Waals surface area contributed by atoms with Crippen molar-refractivity contribution in [2.45, 2.75) is 38.1 Å². The van der Waals surface area contributed by atoms with Crippen molar-refractivity contribution in [1.29, 1.82) is 0 Å². The minimum Gasteiger partial charge on any atom is -0.349 e. The van der Waals surface area contributed by atoms with Crippen molar-refractivity contribution in [1.82, 2.24) is 10.3 Å². The standard InChI is InChI=1S/C16H19BrN2O/c17-14-8-11(1-2-18-14)16(20)19-15-12-4-9-3-10(6-12)7-13(15)5-9/h1-2,8-10,12-13,15H,3-7H2,(H,19,20). The summed E-state index contributed by atoms with van der Waals surface area (Å²) in [6.45, 7) is 0. The summed E-state index contributed by atoms with van der Waals surface area (Å²) in [5, 5.41) is 3.32. The summed E-state index contributed by atoms with van der Waals surface area (Å²) in [7, 11) is 0. The molecule has 0 unspecified atom stereocenters. The zero-order valence-electron chi connectivity index (χ0n) is 11.4. The van der Waals surface area contributed by atoms with Crippen molar-refractivity contribution in [3.63, 3.8) is 0 Å². The third kappa shape index (κ3) is 2.18. The zero-order valence-corrected chi connectivity index (χ0v) is 13.0. The molecular weight excluding hydrogens is 316 g/mol. The van der Waals surface area contributed by atoms with E-state index in [1.54, 1.807) is 18.3 Å². The van der Waals surface area contributed by atoms with Gasteiger partial charge in [0, 0.05) is 17.8 Å². The van der Waals surface area contributed by atoms with Gasteiger partial charge in [-0.15, -0.1) is 0 Å². The largest absolute Gasteiger partial charge is 0.349 e. The van der Waals surface area contributed by atoms with Gasteiger partial charge in [-0.1, -0.05) is 0 Å². The monoisotopic (exact) mass is 334 g/mol. The van der Waals surface area contributed by atoms with Gasteiger partial charge in [-0.05, 0) is 83.8 Å². The molecule has 0 atom stereocenters. The third-order valence-electron chi connectivity index (χ3n) is 5.51. The van der Waals surface area contributed by atoms with Crippen molar-refractivity contribution in [3.8, 4) is 0 Å². The Morgan fingerprint density at radius 3 is 2.40 bits per heavy atom. The van der Waals surface area contributed by atoms with Gasteiger partial charge < -0.3 is 5.32 Å². The molecule has 4 aliphatic carbocycles. The van der Waals surface area contributed by atoms with Crippen LogP contribution in [-0.4, -0.2) is 16.9 Å². The topological polar surface area (TPSA) is 42.0 Å². The predicted molar refractivity (Wildman–Crippen MR) is 80.2 cm³/mol. The minimum absolute atomic E-state index is 0.0607. The fourth-order valence-corrected chi connectivity index (χ4v) is 5.30. The first-order valence-corrected chi connectivity index (χ1v) is 8.41. The van der Waals surface area contributed by atoms with E-state index < -0.39 is 0 Å². The Hall–Kier alpha value is -0.900. The van der Waals surface area contributed by atoms with Crippen LogP contribution in [0.3, 0.4) is 0 Å². The highest BCUT2D eigenvalue weighted by atomic mass is 79.9. The molecule has 1 heterocycles. The minimum atomic E-state index is 0.0607. The second-order valence-electron chi connectivity index (χ2n) is 6.80. The molecule has 0 aliphatic heterocycles. The number of pyridine rings is 1. The molecule has 1 aromatic heterocycles. The fraction of sp³-hybridized carbons (Fsp3) is 0.625. The molecule has 1 aromatic rings. The van der Waals surface area contributed by atoms with Crippen molar-refractivity contribution < 1.29 is 4.79 Å². The van der Waals surface area contributed by atoms with Crippen LogP contribution in [0.15, 0.2) is 22.9 Å². The maximum absolute atomic E-state index is 12.4. The van der Waals surface area contributed by atoms with E-state index in [4.69, 9.17) is 0 Å². The molecule has 0 radical (unpaired) electrons. The van der Waals surface area contributed by atoms with Crippen LogP contribution in [0.4, 0.5) is 0 Å². The molecule has 20 heavy (non-hydrogen) atoms. The van der Waals surface area contributed by atoms with Gasteiger partial charge in [-0.2, -0.15) is 0 Å². The van der Waals surface area contributed by atoms with E-state index in [1.165, 1.54) is 32.1 Å². The third-order valence-corrected chi connectivity index (χ3v) is 5.95. The second kappa shape index (κ2) is 4.83. The van der Waals surface area contributed by atoms with Crippen LogP contribution < -0.4 is 5.32 Å². The normalized spacial score (nSPS) is 38.0. The molecule has 0 saturated heterocycles. The Morgan fingerprint density at radius 1 is 1.15 bits per heavy atom. The van der Waals surface area contributed by atoms with Crippen molar-refractivity contribution in [3.05, 3.63) is 28.5 Å². The molecule has 106 valence electrons. The van der Waals surface area contributed by atoms with Crippen LogP contribution in [0.5, 0.6) is 0 Å². The van der Waals surface area contributed by atoms with Crippen LogP contribution in [0.25, 0.3) is 0 Å². The number of nitrogens with zero attached hydrogens (tertiary/aromatic N) is 1. The smallest absolute Gasteiger partial charge is 0.251 e. The Labute approximate surface area is 127 Å². The first kappa shape index (κ1) is 12.8. The van der Waals surface area contributed by atoms with E-state index in [0.29, 0.717) is 11.6 Å². The summed E-state index contributed by atoms with van der Waals surface area (Å²) >= 11 is 3.33. The van der Waals surface area contributed by atoms with Gasteiger partial charge in [-0.25, -0.2) is 4.98 Å². The van der Waals surface area contributed by atoms with Gasteiger partial charge >= 0.3 is 0 Å². The van der Waals surface area contributed by atoms with E-state index in [0.717, 1.165) is 28.3 Å². The molecule has 4 fully saturated rings. The SMILES string of the molecule is O=C(NC1C2CC3CC(C2)CC1C3)c1ccnc(Br)c1. The van der Waals surface area contributed by atoms with Gasteiger partial charge in [0.2, 0.25) is 0 Å². The Morgan fingerprint density at radius 2 is 1.80 bits per heavy atom. The molecule has 4 saturated carbocycles. The average molecular weight is 335 g/mol. The highest BCUT2D eigenvalue weighted by Crippen LogP contribution is 2.53. The number of aromatic nitrogens is 1. The maximum atomic E-state index is 12.4. The molecule has 1 amide bonds. The summed E-state index contributed by atoms with van der Waals surface area (Å²) in [6.07, 6.45) is 8.45. The number of amides is 1. The van der Waals surface area contributed by atoms with E-state index in [-0.39, 0.29) is 5.91 Å². The molecule has 3 nitrogen and oxygen atoms in total. The number of carbonyl (C=O) groups excluding carboxylic acids is 1. The first-order chi connectivity index (χ1) is 9.69. The average Bonchev–Trinajstić information content (AvgIpc) is 2.42. The number of rotatable bonds is 2. The summed E-state index contributed by atoms with van der Waals surface area (Å²) in [5.74, 6) is 3.40. The van der Waals surface area contributed by atoms with Crippen LogP contribution in [0.1, 0.15) is 42.5 Å². The number of nitrogens with one attached hydrogen (secondary N) is 1. The highest BCUT2D eigenvalue weighted by Gasteiger charge is 2.48. The van der Waals surface area contributed by atoms with E-state index in [1.807, 2.05) is 0 Å². The Bertz CT molecular complexity index is 517. The van der Waals surface area contributed by atoms with Gasteiger partial charge in [0.05, 0.1) is 0 Å². The lowest BCUT2D eigenvalue weighted by Gasteiger charge is -2.54. The predicted octanol–water partition coefficient (Wildman–Crippen LogP) is 3.40.